The molecule has 2 aromatic heterocycles. The zero-order valence-corrected chi connectivity index (χ0v) is 33.0. The van der Waals surface area contributed by atoms with Crippen LogP contribution in [-0.2, 0) is 27.5 Å². The number of aromatic nitrogens is 4. The average Bonchev–Trinajstić information content (AvgIpc) is 3.99. The van der Waals surface area contributed by atoms with Crippen molar-refractivity contribution in [2.45, 2.75) is 89.9 Å². The van der Waals surface area contributed by atoms with Gasteiger partial charge in [-0.15, -0.1) is 0 Å². The molecule has 3 aliphatic heterocycles. The Morgan fingerprint density at radius 1 is 0.932 bits per heavy atom. The van der Waals surface area contributed by atoms with Crippen molar-refractivity contribution in [1.29, 1.82) is 0 Å². The molecule has 5 N–H and O–H groups in total. The van der Waals surface area contributed by atoms with Crippen molar-refractivity contribution in [3.05, 3.63) is 83.3 Å². The number of benzene rings is 3. The molecule has 16 heteroatoms. The molecule has 2 fully saturated rings. The first-order chi connectivity index (χ1) is 28.6. The third kappa shape index (κ3) is 8.58. The summed E-state index contributed by atoms with van der Waals surface area (Å²) >= 11 is 0. The number of fused-ring (bicyclic) bond motifs is 3. The molecule has 0 saturated carbocycles. The van der Waals surface area contributed by atoms with Crippen molar-refractivity contribution >= 4 is 68.8 Å². The van der Waals surface area contributed by atoms with Gasteiger partial charge in [0.05, 0.1) is 47.0 Å². The van der Waals surface area contributed by atoms with Gasteiger partial charge in [-0.2, -0.15) is 5.10 Å². The number of nitrogens with one attached hydrogen (secondary N) is 5. The molecular formula is C43H48N10O6. The molecule has 2 atom stereocenters. The van der Waals surface area contributed by atoms with Gasteiger partial charge < -0.3 is 20.9 Å². The van der Waals surface area contributed by atoms with Crippen LogP contribution in [0, 0.1) is 0 Å². The van der Waals surface area contributed by atoms with E-state index in [0.29, 0.717) is 49.0 Å². The van der Waals surface area contributed by atoms with E-state index in [1.165, 1.54) is 12.8 Å². The van der Waals surface area contributed by atoms with E-state index < -0.39 is 29.7 Å². The molecule has 8 rings (SSSR count). The number of amides is 6. The summed E-state index contributed by atoms with van der Waals surface area (Å²) < 4.78 is 1.81. The molecule has 3 aromatic carbocycles. The Morgan fingerprint density at radius 3 is 2.63 bits per heavy atom. The number of hydrogen-bond donors (Lipinski definition) is 5. The smallest absolute Gasteiger partial charge is 0.264 e. The highest BCUT2D eigenvalue weighted by atomic mass is 16.2. The normalized spacial score (nSPS) is 18.2. The van der Waals surface area contributed by atoms with Gasteiger partial charge in [0.2, 0.25) is 17.7 Å². The van der Waals surface area contributed by atoms with Gasteiger partial charge in [-0.1, -0.05) is 18.9 Å². The summed E-state index contributed by atoms with van der Waals surface area (Å²) in [6, 6.07) is 15.7. The highest BCUT2D eigenvalue weighted by Crippen LogP contribution is 2.32. The first-order valence-corrected chi connectivity index (χ1v) is 20.5. The van der Waals surface area contributed by atoms with E-state index in [0.717, 1.165) is 71.4 Å². The summed E-state index contributed by atoms with van der Waals surface area (Å²) in [5.74, 6) is -1.46. The fourth-order valence-electron chi connectivity index (χ4n) is 8.28. The Morgan fingerprint density at radius 2 is 1.80 bits per heavy atom. The largest absolute Gasteiger partial charge is 0.384 e. The van der Waals surface area contributed by atoms with Gasteiger partial charge in [0.15, 0.2) is 0 Å². The minimum atomic E-state index is -1.01. The van der Waals surface area contributed by atoms with Crippen molar-refractivity contribution in [3.8, 4) is 0 Å². The standard InChI is InChI=1S/C43H48N10O6/c1-26-8-7-20-51(26)25-36-48-31-14-13-29(23-33(31)49-36)47-40(56)27-12-15-34-28(22-27)24-46-52(34)21-19-45-37(54)11-4-2-3-5-18-44-32-10-6-9-30-39(32)43(59)53(42(30)58)35-16-17-38(55)50-41(35)57/h6,9-10,12-15,22-24,26,35,44H,2-5,7-8,11,16-21,25H2,1H3,(H,45,54)(H,47,56)(H,48,49)(H,50,55,57). The van der Waals surface area contributed by atoms with Crippen molar-refractivity contribution in [1.82, 2.24) is 40.2 Å². The zero-order chi connectivity index (χ0) is 41.0. The number of H-pyrrole nitrogens is 1. The Bertz CT molecular complexity index is 2460. The zero-order valence-electron chi connectivity index (χ0n) is 33.0. The molecule has 0 spiro atoms. The molecule has 0 radical (unpaired) electrons. The monoisotopic (exact) mass is 800 g/mol. The molecule has 5 heterocycles. The number of piperidine rings is 1. The minimum absolute atomic E-state index is 0.0346. The van der Waals surface area contributed by atoms with Crippen molar-refractivity contribution in [3.63, 3.8) is 0 Å². The van der Waals surface area contributed by atoms with E-state index in [-0.39, 0.29) is 35.8 Å². The van der Waals surface area contributed by atoms with Crippen LogP contribution in [0.5, 0.6) is 0 Å². The number of hydrogen-bond acceptors (Lipinski definition) is 10. The maximum Gasteiger partial charge on any atom is 0.264 e. The predicted octanol–water partition coefficient (Wildman–Crippen LogP) is 4.73. The van der Waals surface area contributed by atoms with Crippen LogP contribution in [0.3, 0.4) is 0 Å². The van der Waals surface area contributed by atoms with Gasteiger partial charge >= 0.3 is 0 Å². The number of unbranched alkanes of at least 4 members (excludes halogenated alkanes) is 3. The second-order valence-corrected chi connectivity index (χ2v) is 15.6. The molecule has 59 heavy (non-hydrogen) atoms. The van der Waals surface area contributed by atoms with Crippen LogP contribution in [-0.4, -0.2) is 96.7 Å². The van der Waals surface area contributed by atoms with E-state index in [1.807, 2.05) is 35.0 Å². The Balaban J connectivity index is 0.737. The van der Waals surface area contributed by atoms with Crippen LogP contribution in [0.25, 0.3) is 21.9 Å². The topological polar surface area (TPSA) is 204 Å². The van der Waals surface area contributed by atoms with Crippen LogP contribution >= 0.6 is 0 Å². The lowest BCUT2D eigenvalue weighted by atomic mass is 10.0. The fourth-order valence-corrected chi connectivity index (χ4v) is 8.28. The molecular weight excluding hydrogens is 753 g/mol. The lowest BCUT2D eigenvalue weighted by Crippen LogP contribution is -2.54. The second kappa shape index (κ2) is 17.2. The summed E-state index contributed by atoms with van der Waals surface area (Å²) in [7, 11) is 0. The SMILES string of the molecule is CC1CCCN1Cc1nc2cc(NC(=O)c3ccc4c(cnn4CCNC(=O)CCCCCCNc4cccc5c4C(=O)N(C4CCC(=O)NC4=O)C5=O)c3)ccc2[nH]1. The summed E-state index contributed by atoms with van der Waals surface area (Å²) in [4.78, 5) is 87.7. The average molecular weight is 801 g/mol. The highest BCUT2D eigenvalue weighted by molar-refractivity contribution is 6.25. The van der Waals surface area contributed by atoms with E-state index in [2.05, 4.69) is 43.2 Å². The van der Waals surface area contributed by atoms with E-state index in [9.17, 15) is 28.8 Å². The number of aromatic amines is 1. The van der Waals surface area contributed by atoms with Crippen molar-refractivity contribution in [2.75, 3.05) is 30.3 Å². The predicted molar refractivity (Wildman–Crippen MR) is 221 cm³/mol. The number of rotatable bonds is 16. The van der Waals surface area contributed by atoms with Crippen molar-refractivity contribution < 1.29 is 28.8 Å². The van der Waals surface area contributed by atoms with E-state index in [4.69, 9.17) is 4.98 Å². The summed E-state index contributed by atoms with van der Waals surface area (Å²) in [6.45, 7) is 5.58. The van der Waals surface area contributed by atoms with Gasteiger partial charge in [-0.05, 0) is 94.1 Å². The summed E-state index contributed by atoms with van der Waals surface area (Å²) in [5.41, 5.74) is 4.81. The molecule has 6 amide bonds. The van der Waals surface area contributed by atoms with Gasteiger partial charge in [-0.25, -0.2) is 4.98 Å². The summed E-state index contributed by atoms with van der Waals surface area (Å²) in [5, 5.41) is 16.8. The lowest BCUT2D eigenvalue weighted by Gasteiger charge is -2.27. The van der Waals surface area contributed by atoms with Crippen LogP contribution in [0.15, 0.2) is 60.8 Å². The molecule has 2 saturated heterocycles. The first kappa shape index (κ1) is 39.4. The molecule has 2 unspecified atom stereocenters. The van der Waals surface area contributed by atoms with Gasteiger partial charge in [0, 0.05) is 54.3 Å². The Labute approximate surface area is 340 Å². The fraction of sp³-hybridized carbons (Fsp3) is 0.395. The number of likely N-dealkylation sites (tertiary alicyclic amines) is 1. The van der Waals surface area contributed by atoms with Gasteiger partial charge in [0.25, 0.3) is 17.7 Å². The quantitative estimate of drug-likeness (QED) is 0.0686. The van der Waals surface area contributed by atoms with Crippen LogP contribution in [0.1, 0.15) is 102 Å². The van der Waals surface area contributed by atoms with Crippen molar-refractivity contribution in [2.24, 2.45) is 0 Å². The Hall–Kier alpha value is -6.42. The van der Waals surface area contributed by atoms with E-state index >= 15 is 0 Å². The lowest BCUT2D eigenvalue weighted by molar-refractivity contribution is -0.136. The Kier molecular flexibility index (Phi) is 11.5. The minimum Gasteiger partial charge on any atom is -0.384 e. The number of carbonyl (C=O) groups excluding carboxylic acids is 6. The highest BCUT2D eigenvalue weighted by Gasteiger charge is 2.45. The number of carbonyl (C=O) groups is 6. The van der Waals surface area contributed by atoms with Crippen LogP contribution in [0.4, 0.5) is 11.4 Å². The molecule has 3 aliphatic rings. The summed E-state index contributed by atoms with van der Waals surface area (Å²) in [6.07, 6.45) is 7.95. The third-order valence-electron chi connectivity index (χ3n) is 11.5. The molecule has 5 aromatic rings. The number of anilines is 2. The molecule has 0 aliphatic carbocycles. The number of imidazole rings is 1. The third-order valence-corrected chi connectivity index (χ3v) is 11.5. The van der Waals surface area contributed by atoms with Crippen LogP contribution in [0.2, 0.25) is 0 Å². The number of imide groups is 2. The molecule has 306 valence electrons. The molecule has 0 bridgehead atoms. The second-order valence-electron chi connectivity index (χ2n) is 15.6. The molecule has 16 nitrogen and oxygen atoms in total. The van der Waals surface area contributed by atoms with Gasteiger partial charge in [-0.3, -0.25) is 48.6 Å². The number of nitrogens with zero attached hydrogens (tertiary/aromatic N) is 5. The maximum absolute atomic E-state index is 13.3. The van der Waals surface area contributed by atoms with Gasteiger partial charge in [0.1, 0.15) is 11.9 Å². The van der Waals surface area contributed by atoms with Crippen LogP contribution < -0.4 is 21.3 Å². The van der Waals surface area contributed by atoms with E-state index in [1.54, 1.807) is 30.5 Å². The first-order valence-electron chi connectivity index (χ1n) is 20.5. The maximum atomic E-state index is 13.3.